The van der Waals surface area contributed by atoms with Crippen molar-refractivity contribution in [2.45, 2.75) is 38.2 Å². The number of aromatic nitrogens is 1. The molecule has 1 aromatic carbocycles. The van der Waals surface area contributed by atoms with Gasteiger partial charge in [0, 0.05) is 38.2 Å². The maximum atomic E-state index is 11.9. The summed E-state index contributed by atoms with van der Waals surface area (Å²) in [6.07, 6.45) is 4.59. The molecule has 0 aliphatic carbocycles. The molecule has 26 heavy (non-hydrogen) atoms. The number of hydrogen-bond donors (Lipinski definition) is 2. The van der Waals surface area contributed by atoms with E-state index in [0.29, 0.717) is 44.9 Å². The Morgan fingerprint density at radius 1 is 1.27 bits per heavy atom. The van der Waals surface area contributed by atoms with Crippen LogP contribution in [0.15, 0.2) is 40.9 Å². The minimum Gasteiger partial charge on any atom is -0.441 e. The number of aliphatic hydroxyl groups is 1. The van der Waals surface area contributed by atoms with E-state index in [1.54, 1.807) is 6.20 Å². The number of nitrogens with one attached hydrogen (secondary N) is 1. The molecule has 6 heteroatoms. The Kier molecular flexibility index (Phi) is 6.80. The highest BCUT2D eigenvalue weighted by atomic mass is 16.5. The minimum absolute atomic E-state index is 0.0500. The van der Waals surface area contributed by atoms with Gasteiger partial charge in [0.1, 0.15) is 0 Å². The summed E-state index contributed by atoms with van der Waals surface area (Å²) in [5.74, 6) is 1.54. The second-order valence-corrected chi connectivity index (χ2v) is 6.66. The third-order valence-corrected chi connectivity index (χ3v) is 4.72. The number of ether oxygens (including phenoxy) is 1. The van der Waals surface area contributed by atoms with Crippen molar-refractivity contribution in [2.75, 3.05) is 19.8 Å². The van der Waals surface area contributed by atoms with E-state index in [1.807, 2.05) is 30.3 Å². The third-order valence-electron chi connectivity index (χ3n) is 4.72. The van der Waals surface area contributed by atoms with E-state index in [-0.39, 0.29) is 11.8 Å². The van der Waals surface area contributed by atoms with Crippen LogP contribution in [0.25, 0.3) is 11.3 Å². The molecule has 0 unspecified atom stereocenters. The lowest BCUT2D eigenvalue weighted by molar-refractivity contribution is -0.122. The molecule has 1 atom stereocenters. The fraction of sp³-hybridized carbons (Fsp3) is 0.500. The molecule has 1 aromatic heterocycles. The molecular formula is C20H26N2O4. The summed E-state index contributed by atoms with van der Waals surface area (Å²) in [5, 5.41) is 13.0. The number of oxazole rings is 1. The highest BCUT2D eigenvalue weighted by molar-refractivity contribution is 5.75. The zero-order valence-electron chi connectivity index (χ0n) is 14.9. The monoisotopic (exact) mass is 358 g/mol. The average Bonchev–Trinajstić information content (AvgIpc) is 3.16. The maximum Gasteiger partial charge on any atom is 0.220 e. The van der Waals surface area contributed by atoms with Crippen molar-refractivity contribution in [2.24, 2.45) is 5.92 Å². The van der Waals surface area contributed by atoms with Gasteiger partial charge in [-0.25, -0.2) is 4.98 Å². The standard InChI is InChI=1S/C20H26N2O4/c23-17(15-9-11-25-12-10-15)13-21-19(24)7-4-8-20-22-14-18(26-20)16-5-2-1-3-6-16/h1-3,5-6,14-15,17,23H,4,7-13H2,(H,21,24)/t17-/m0/s1. The van der Waals surface area contributed by atoms with E-state index >= 15 is 0 Å². The SMILES string of the molecule is O=C(CCCc1ncc(-c2ccccc2)o1)NC[C@H](O)C1CCOCC1. The van der Waals surface area contributed by atoms with Crippen LogP contribution in [-0.4, -0.2) is 41.9 Å². The van der Waals surface area contributed by atoms with Gasteiger partial charge in [-0.3, -0.25) is 4.79 Å². The molecule has 0 spiro atoms. The summed E-state index contributed by atoms with van der Waals surface area (Å²) >= 11 is 0. The zero-order chi connectivity index (χ0) is 18.2. The lowest BCUT2D eigenvalue weighted by atomic mass is 9.94. The normalized spacial score (nSPS) is 16.3. The van der Waals surface area contributed by atoms with Crippen LogP contribution in [0.2, 0.25) is 0 Å². The molecule has 1 amide bonds. The summed E-state index contributed by atoms with van der Waals surface area (Å²) in [6, 6.07) is 9.81. The first kappa shape index (κ1) is 18.6. The van der Waals surface area contributed by atoms with Crippen LogP contribution in [0, 0.1) is 5.92 Å². The van der Waals surface area contributed by atoms with Gasteiger partial charge in [0.25, 0.3) is 0 Å². The summed E-state index contributed by atoms with van der Waals surface area (Å²) < 4.78 is 11.0. The smallest absolute Gasteiger partial charge is 0.220 e. The molecule has 6 nitrogen and oxygen atoms in total. The zero-order valence-corrected chi connectivity index (χ0v) is 14.9. The summed E-state index contributed by atoms with van der Waals surface area (Å²) in [4.78, 5) is 16.2. The lowest BCUT2D eigenvalue weighted by Gasteiger charge is -2.26. The van der Waals surface area contributed by atoms with Crippen LogP contribution in [0.3, 0.4) is 0 Å². The van der Waals surface area contributed by atoms with Gasteiger partial charge in [0.05, 0.1) is 12.3 Å². The predicted molar refractivity (Wildman–Crippen MR) is 97.4 cm³/mol. The third kappa shape index (κ3) is 5.41. The van der Waals surface area contributed by atoms with Gasteiger partial charge in [-0.1, -0.05) is 30.3 Å². The number of nitrogens with zero attached hydrogens (tertiary/aromatic N) is 1. The summed E-state index contributed by atoms with van der Waals surface area (Å²) in [5.41, 5.74) is 0.992. The number of hydrogen-bond acceptors (Lipinski definition) is 5. The highest BCUT2D eigenvalue weighted by Gasteiger charge is 2.22. The van der Waals surface area contributed by atoms with Gasteiger partial charge in [-0.15, -0.1) is 0 Å². The number of aliphatic hydroxyl groups excluding tert-OH is 1. The van der Waals surface area contributed by atoms with Gasteiger partial charge in [0.2, 0.25) is 5.91 Å². The molecular weight excluding hydrogens is 332 g/mol. The average molecular weight is 358 g/mol. The van der Waals surface area contributed by atoms with Gasteiger partial charge in [0.15, 0.2) is 11.7 Å². The van der Waals surface area contributed by atoms with Crippen molar-refractivity contribution in [3.05, 3.63) is 42.4 Å². The molecule has 1 aliphatic heterocycles. The molecule has 2 N–H and O–H groups in total. The molecule has 3 rings (SSSR count). The lowest BCUT2D eigenvalue weighted by Crippen LogP contribution is -2.38. The molecule has 1 saturated heterocycles. The highest BCUT2D eigenvalue weighted by Crippen LogP contribution is 2.20. The van der Waals surface area contributed by atoms with Gasteiger partial charge >= 0.3 is 0 Å². The second kappa shape index (κ2) is 9.50. The summed E-state index contributed by atoms with van der Waals surface area (Å²) in [6.45, 7) is 1.69. The van der Waals surface area contributed by atoms with E-state index < -0.39 is 6.10 Å². The summed E-state index contributed by atoms with van der Waals surface area (Å²) in [7, 11) is 0. The first-order valence-corrected chi connectivity index (χ1v) is 9.25. The van der Waals surface area contributed by atoms with Gasteiger partial charge in [-0.2, -0.15) is 0 Å². The van der Waals surface area contributed by atoms with Crippen LogP contribution in [0.5, 0.6) is 0 Å². The Labute approximate surface area is 153 Å². The number of rotatable bonds is 8. The van der Waals surface area contributed by atoms with Crippen LogP contribution in [0.4, 0.5) is 0 Å². The van der Waals surface area contributed by atoms with E-state index in [0.717, 1.165) is 24.2 Å². The molecule has 1 aliphatic rings. The van der Waals surface area contributed by atoms with Crippen LogP contribution in [0.1, 0.15) is 31.6 Å². The number of benzene rings is 1. The fourth-order valence-electron chi connectivity index (χ4n) is 3.14. The molecule has 0 radical (unpaired) electrons. The number of amides is 1. The van der Waals surface area contributed by atoms with Gasteiger partial charge < -0.3 is 19.6 Å². The van der Waals surface area contributed by atoms with Crippen molar-refractivity contribution in [3.8, 4) is 11.3 Å². The first-order valence-electron chi connectivity index (χ1n) is 9.25. The van der Waals surface area contributed by atoms with Crippen molar-refractivity contribution in [3.63, 3.8) is 0 Å². The van der Waals surface area contributed by atoms with E-state index in [9.17, 15) is 9.90 Å². The Hall–Kier alpha value is -2.18. The minimum atomic E-state index is -0.497. The Balaban J connectivity index is 1.35. The largest absolute Gasteiger partial charge is 0.441 e. The molecule has 140 valence electrons. The van der Waals surface area contributed by atoms with Gasteiger partial charge in [-0.05, 0) is 25.2 Å². The van der Waals surface area contributed by atoms with Crippen molar-refractivity contribution in [1.82, 2.24) is 10.3 Å². The van der Waals surface area contributed by atoms with E-state index in [4.69, 9.17) is 9.15 Å². The van der Waals surface area contributed by atoms with E-state index in [1.165, 1.54) is 0 Å². The molecule has 1 fully saturated rings. The van der Waals surface area contributed by atoms with E-state index in [2.05, 4.69) is 10.3 Å². The fourth-order valence-corrected chi connectivity index (χ4v) is 3.14. The number of carbonyl (C=O) groups is 1. The molecule has 2 heterocycles. The first-order chi connectivity index (χ1) is 12.7. The Bertz CT molecular complexity index is 680. The number of aryl methyl sites for hydroxylation is 1. The van der Waals surface area contributed by atoms with Crippen LogP contribution in [-0.2, 0) is 16.0 Å². The van der Waals surface area contributed by atoms with Crippen molar-refractivity contribution < 1.29 is 19.1 Å². The van der Waals surface area contributed by atoms with Crippen molar-refractivity contribution in [1.29, 1.82) is 0 Å². The Morgan fingerprint density at radius 2 is 2.04 bits per heavy atom. The Morgan fingerprint density at radius 3 is 2.81 bits per heavy atom. The molecule has 0 saturated carbocycles. The number of carbonyl (C=O) groups excluding carboxylic acids is 1. The second-order valence-electron chi connectivity index (χ2n) is 6.66. The predicted octanol–water partition coefficient (Wildman–Crippen LogP) is 2.57. The van der Waals surface area contributed by atoms with Crippen molar-refractivity contribution >= 4 is 5.91 Å². The van der Waals surface area contributed by atoms with Crippen LogP contribution >= 0.6 is 0 Å². The maximum absolute atomic E-state index is 11.9. The topological polar surface area (TPSA) is 84.6 Å². The molecule has 2 aromatic rings. The van der Waals surface area contributed by atoms with Crippen LogP contribution < -0.4 is 5.32 Å². The quantitative estimate of drug-likeness (QED) is 0.758. The molecule has 0 bridgehead atoms.